The molecule has 1 atom stereocenters. The van der Waals surface area contributed by atoms with Gasteiger partial charge in [-0.05, 0) is 50.1 Å². The highest BCUT2D eigenvalue weighted by atomic mass is 16.5. The van der Waals surface area contributed by atoms with Crippen molar-refractivity contribution >= 4 is 33.7 Å². The van der Waals surface area contributed by atoms with E-state index in [0.717, 1.165) is 33.1 Å². The molecular formula is C27H26N2O6. The maximum atomic E-state index is 13.3. The number of para-hydroxylation sites is 1. The normalized spacial score (nSPS) is 15.3. The number of rotatable bonds is 4. The van der Waals surface area contributed by atoms with E-state index in [1.54, 1.807) is 19.9 Å². The first-order chi connectivity index (χ1) is 16.8. The molecular weight excluding hydrogens is 448 g/mol. The van der Waals surface area contributed by atoms with Gasteiger partial charge in [0.2, 0.25) is 0 Å². The molecule has 5 rings (SSSR count). The highest BCUT2D eigenvalue weighted by Crippen LogP contribution is 2.32. The molecule has 2 aromatic heterocycles. The molecule has 8 nitrogen and oxygen atoms in total. The molecule has 0 saturated carbocycles. The van der Waals surface area contributed by atoms with Crippen molar-refractivity contribution in [1.82, 2.24) is 9.88 Å². The smallest absolute Gasteiger partial charge is 0.339 e. The molecule has 1 aliphatic heterocycles. The number of carbonyl (C=O) groups excluding carboxylic acids is 2. The van der Waals surface area contributed by atoms with Gasteiger partial charge in [0, 0.05) is 39.5 Å². The highest BCUT2D eigenvalue weighted by molar-refractivity contribution is 5.90. The number of aryl methyl sites for hydroxylation is 2. The van der Waals surface area contributed by atoms with Crippen molar-refractivity contribution < 1.29 is 23.5 Å². The van der Waals surface area contributed by atoms with Crippen molar-refractivity contribution in [2.24, 2.45) is 0 Å². The Morgan fingerprint density at radius 1 is 1.06 bits per heavy atom. The van der Waals surface area contributed by atoms with Crippen molar-refractivity contribution in [2.75, 3.05) is 13.7 Å². The lowest BCUT2D eigenvalue weighted by Crippen LogP contribution is -2.50. The number of carbonyl (C=O) groups is 2. The number of ether oxygens (including phenoxy) is 2. The van der Waals surface area contributed by atoms with E-state index in [4.69, 9.17) is 13.9 Å². The minimum atomic E-state index is -0.746. The van der Waals surface area contributed by atoms with E-state index in [0.29, 0.717) is 28.9 Å². The van der Waals surface area contributed by atoms with E-state index in [-0.39, 0.29) is 19.1 Å². The van der Waals surface area contributed by atoms with Crippen LogP contribution < -0.4 is 10.4 Å². The molecule has 0 fully saturated rings. The van der Waals surface area contributed by atoms with E-state index < -0.39 is 17.6 Å². The third-order valence-electron chi connectivity index (χ3n) is 6.97. The molecule has 0 unspecified atom stereocenters. The Balaban J connectivity index is 1.42. The van der Waals surface area contributed by atoms with Crippen LogP contribution in [-0.4, -0.2) is 41.5 Å². The van der Waals surface area contributed by atoms with Crippen molar-refractivity contribution in [3.8, 4) is 5.75 Å². The zero-order chi connectivity index (χ0) is 24.9. The second kappa shape index (κ2) is 8.61. The van der Waals surface area contributed by atoms with Crippen molar-refractivity contribution in [3.05, 3.63) is 74.8 Å². The molecule has 0 bridgehead atoms. The van der Waals surface area contributed by atoms with Crippen LogP contribution in [0.4, 0.5) is 0 Å². The van der Waals surface area contributed by atoms with Gasteiger partial charge in [-0.25, -0.2) is 9.59 Å². The summed E-state index contributed by atoms with van der Waals surface area (Å²) in [5.41, 5.74) is 4.98. The number of amides is 1. The fourth-order valence-corrected chi connectivity index (χ4v) is 4.82. The summed E-state index contributed by atoms with van der Waals surface area (Å²) in [6, 6.07) is 10.7. The lowest BCUT2D eigenvalue weighted by Gasteiger charge is -2.33. The Kier molecular flexibility index (Phi) is 5.59. The van der Waals surface area contributed by atoms with E-state index in [2.05, 4.69) is 4.98 Å². The van der Waals surface area contributed by atoms with Gasteiger partial charge in [-0.1, -0.05) is 18.2 Å². The first-order valence-corrected chi connectivity index (χ1v) is 11.4. The van der Waals surface area contributed by atoms with E-state index in [1.807, 2.05) is 37.3 Å². The second-order valence-electron chi connectivity index (χ2n) is 8.89. The van der Waals surface area contributed by atoms with Gasteiger partial charge in [-0.3, -0.25) is 4.79 Å². The van der Waals surface area contributed by atoms with Gasteiger partial charge < -0.3 is 23.8 Å². The van der Waals surface area contributed by atoms with E-state index >= 15 is 0 Å². The number of aromatic nitrogens is 1. The summed E-state index contributed by atoms with van der Waals surface area (Å²) < 4.78 is 16.4. The minimum absolute atomic E-state index is 0.246. The fraction of sp³-hybridized carbons (Fsp3) is 0.296. The van der Waals surface area contributed by atoms with Crippen LogP contribution in [0.1, 0.15) is 27.9 Å². The zero-order valence-corrected chi connectivity index (χ0v) is 20.1. The molecule has 2 aromatic carbocycles. The van der Waals surface area contributed by atoms with Crippen LogP contribution >= 0.6 is 0 Å². The van der Waals surface area contributed by atoms with Crippen LogP contribution in [0.15, 0.2) is 45.6 Å². The molecule has 1 aliphatic rings. The molecule has 8 heteroatoms. The molecule has 35 heavy (non-hydrogen) atoms. The van der Waals surface area contributed by atoms with Crippen LogP contribution in [0.5, 0.6) is 5.75 Å². The van der Waals surface area contributed by atoms with Gasteiger partial charge >= 0.3 is 11.6 Å². The predicted molar refractivity (Wildman–Crippen MR) is 131 cm³/mol. The molecule has 0 aliphatic carbocycles. The first kappa shape index (κ1) is 22.7. The Hall–Kier alpha value is -4.07. The number of fused-ring (bicyclic) bond motifs is 4. The summed E-state index contributed by atoms with van der Waals surface area (Å²) in [4.78, 5) is 42.9. The molecule has 1 amide bonds. The highest BCUT2D eigenvalue weighted by Gasteiger charge is 2.37. The quantitative estimate of drug-likeness (QED) is 0.357. The number of methoxy groups -OCH3 is 1. The molecule has 0 radical (unpaired) electrons. The molecule has 0 saturated heterocycles. The maximum absolute atomic E-state index is 13.3. The summed E-state index contributed by atoms with van der Waals surface area (Å²) in [6.07, 6.45) is 0.358. The van der Waals surface area contributed by atoms with Crippen LogP contribution in [0.3, 0.4) is 0 Å². The zero-order valence-electron chi connectivity index (χ0n) is 20.1. The molecule has 0 spiro atoms. The van der Waals surface area contributed by atoms with Gasteiger partial charge in [-0.2, -0.15) is 0 Å². The van der Waals surface area contributed by atoms with Gasteiger partial charge in [0.15, 0.2) is 6.61 Å². The Labute approximate surface area is 201 Å². The maximum Gasteiger partial charge on any atom is 0.339 e. The van der Waals surface area contributed by atoms with Gasteiger partial charge in [0.25, 0.3) is 5.91 Å². The van der Waals surface area contributed by atoms with Gasteiger partial charge in [-0.15, -0.1) is 0 Å². The molecule has 3 heterocycles. The average molecular weight is 475 g/mol. The summed E-state index contributed by atoms with van der Waals surface area (Å²) in [7, 11) is 1.32. The minimum Gasteiger partial charge on any atom is -0.483 e. The lowest BCUT2D eigenvalue weighted by atomic mass is 9.96. The van der Waals surface area contributed by atoms with Crippen molar-refractivity contribution in [3.63, 3.8) is 0 Å². The number of H-pyrrole nitrogens is 1. The monoisotopic (exact) mass is 474 g/mol. The van der Waals surface area contributed by atoms with Crippen LogP contribution in [0.25, 0.3) is 21.9 Å². The second-order valence-corrected chi connectivity index (χ2v) is 8.89. The molecule has 1 N–H and O–H groups in total. The Morgan fingerprint density at radius 3 is 2.60 bits per heavy atom. The number of nitrogens with zero attached hydrogens (tertiary/aromatic N) is 1. The van der Waals surface area contributed by atoms with Crippen molar-refractivity contribution in [1.29, 1.82) is 0 Å². The predicted octanol–water partition coefficient (Wildman–Crippen LogP) is 3.70. The van der Waals surface area contributed by atoms with E-state index in [9.17, 15) is 14.4 Å². The summed E-state index contributed by atoms with van der Waals surface area (Å²) in [5.74, 6) is -0.371. The largest absolute Gasteiger partial charge is 0.483 e. The first-order valence-electron chi connectivity index (χ1n) is 11.4. The van der Waals surface area contributed by atoms with Crippen molar-refractivity contribution in [2.45, 2.75) is 39.8 Å². The molecule has 4 aromatic rings. The average Bonchev–Trinajstić information content (AvgIpc) is 3.23. The number of hydrogen-bond acceptors (Lipinski definition) is 6. The number of benzene rings is 2. The van der Waals surface area contributed by atoms with Crippen LogP contribution in [0, 0.1) is 20.8 Å². The van der Waals surface area contributed by atoms with Crippen LogP contribution in [0.2, 0.25) is 0 Å². The number of hydrogen-bond donors (Lipinski definition) is 1. The van der Waals surface area contributed by atoms with Crippen LogP contribution in [-0.2, 0) is 27.3 Å². The van der Waals surface area contributed by atoms with Gasteiger partial charge in [0.05, 0.1) is 13.7 Å². The summed E-state index contributed by atoms with van der Waals surface area (Å²) in [5, 5.41) is 1.87. The Morgan fingerprint density at radius 2 is 1.83 bits per heavy atom. The van der Waals surface area contributed by atoms with E-state index in [1.165, 1.54) is 12.0 Å². The topological polar surface area (TPSA) is 102 Å². The number of aromatic amines is 1. The third kappa shape index (κ3) is 3.75. The van der Waals surface area contributed by atoms with Gasteiger partial charge in [0.1, 0.15) is 17.4 Å². The number of esters is 1. The lowest BCUT2D eigenvalue weighted by molar-refractivity contribution is -0.154. The molecule has 180 valence electrons. The summed E-state index contributed by atoms with van der Waals surface area (Å²) >= 11 is 0. The number of nitrogens with one attached hydrogen (secondary N) is 1. The SMILES string of the molecule is COC(=O)[C@@H]1Cc2c([nH]c3ccccc23)CN1C(=O)COc1ccc2c(C)c(C)c(=O)oc2c1C. The summed E-state index contributed by atoms with van der Waals surface area (Å²) in [6.45, 7) is 5.36. The Bertz CT molecular complexity index is 1550. The fourth-order valence-electron chi connectivity index (χ4n) is 4.82. The third-order valence-corrected chi connectivity index (χ3v) is 6.97. The standard InChI is InChI=1S/C27H26N2O6/c1-14-15(2)26(31)35-25-16(3)23(10-9-17(14)25)34-13-24(30)29-12-21-19(11-22(29)27(32)33-4)18-7-5-6-8-20(18)28-21/h5-10,22,28H,11-13H2,1-4H3/t22-/m0/s1.